The molecular weight excluding hydrogens is 230 g/mol. The molecule has 0 saturated heterocycles. The predicted molar refractivity (Wildman–Crippen MR) is 60.3 cm³/mol. The van der Waals surface area contributed by atoms with Gasteiger partial charge in [0.1, 0.15) is 5.82 Å². The van der Waals surface area contributed by atoms with Crippen LogP contribution in [0.3, 0.4) is 0 Å². The van der Waals surface area contributed by atoms with Crippen molar-refractivity contribution in [3.8, 4) is 0 Å². The number of pyridine rings is 1. The van der Waals surface area contributed by atoms with Crippen LogP contribution in [0, 0.1) is 0 Å². The molecule has 2 aromatic heterocycles. The number of furan rings is 1. The van der Waals surface area contributed by atoms with E-state index < -0.39 is 5.91 Å². The van der Waals surface area contributed by atoms with Crippen LogP contribution in [0.4, 0.5) is 11.5 Å². The summed E-state index contributed by atoms with van der Waals surface area (Å²) in [6.07, 6.45) is 1.45. The van der Waals surface area contributed by atoms with Crippen LogP contribution in [0.25, 0.3) is 0 Å². The fraction of sp³-hybridized carbons (Fsp3) is 0. The highest BCUT2D eigenvalue weighted by Crippen LogP contribution is 2.14. The van der Waals surface area contributed by atoms with Crippen LogP contribution in [0.2, 0.25) is 5.22 Å². The van der Waals surface area contributed by atoms with Gasteiger partial charge in [-0.05, 0) is 35.9 Å². The lowest BCUT2D eigenvalue weighted by Gasteiger charge is -2.01. The first kappa shape index (κ1) is 10.5. The van der Waals surface area contributed by atoms with Crippen molar-refractivity contribution < 1.29 is 9.21 Å². The summed E-state index contributed by atoms with van der Waals surface area (Å²) in [5.74, 6) is 0.111. The van der Waals surface area contributed by atoms with Crippen molar-refractivity contribution >= 4 is 29.0 Å². The van der Waals surface area contributed by atoms with Gasteiger partial charge in [-0.1, -0.05) is 0 Å². The molecule has 0 radical (unpaired) electrons. The first-order valence-electron chi connectivity index (χ1n) is 4.43. The number of nitrogens with one attached hydrogen (secondary N) is 1. The van der Waals surface area contributed by atoms with Gasteiger partial charge in [0.2, 0.25) is 0 Å². The summed E-state index contributed by atoms with van der Waals surface area (Å²) in [5.41, 5.74) is 5.99. The van der Waals surface area contributed by atoms with Crippen LogP contribution in [-0.2, 0) is 0 Å². The Balaban J connectivity index is 2.10. The number of hydrogen-bond acceptors (Lipinski definition) is 4. The van der Waals surface area contributed by atoms with Crippen LogP contribution in [-0.4, -0.2) is 10.9 Å². The lowest BCUT2D eigenvalue weighted by atomic mass is 10.4. The number of hydrogen-bond donors (Lipinski definition) is 2. The lowest BCUT2D eigenvalue weighted by Crippen LogP contribution is -2.11. The Morgan fingerprint density at radius 2 is 2.19 bits per heavy atom. The Bertz CT molecular complexity index is 507. The Hall–Kier alpha value is -2.01. The molecule has 82 valence electrons. The third-order valence-electron chi connectivity index (χ3n) is 1.82. The topological polar surface area (TPSA) is 81.1 Å². The van der Waals surface area contributed by atoms with E-state index in [1.165, 1.54) is 18.3 Å². The second kappa shape index (κ2) is 4.24. The third-order valence-corrected chi connectivity index (χ3v) is 2.03. The van der Waals surface area contributed by atoms with Gasteiger partial charge in [-0.25, -0.2) is 4.98 Å². The van der Waals surface area contributed by atoms with Gasteiger partial charge in [0.05, 0.1) is 11.9 Å². The number of carbonyl (C=O) groups is 1. The standard InChI is InChI=1S/C10H8ClN3O2/c11-8-3-2-7(16-8)10(15)14-9-4-1-6(12)5-13-9/h1-5H,12H2,(H,13,14,15). The van der Waals surface area contributed by atoms with Crippen molar-refractivity contribution in [2.45, 2.75) is 0 Å². The van der Waals surface area contributed by atoms with E-state index in [9.17, 15) is 4.79 Å². The van der Waals surface area contributed by atoms with Gasteiger partial charge in [0.15, 0.2) is 11.0 Å². The van der Waals surface area contributed by atoms with Gasteiger partial charge < -0.3 is 15.5 Å². The number of nitrogen functional groups attached to an aromatic ring is 1. The van der Waals surface area contributed by atoms with Crippen LogP contribution in [0.5, 0.6) is 0 Å². The average molecular weight is 238 g/mol. The van der Waals surface area contributed by atoms with Gasteiger partial charge in [-0.2, -0.15) is 0 Å². The molecule has 0 saturated carbocycles. The van der Waals surface area contributed by atoms with Gasteiger partial charge in [-0.3, -0.25) is 4.79 Å². The van der Waals surface area contributed by atoms with E-state index in [1.807, 2.05) is 0 Å². The SMILES string of the molecule is Nc1ccc(NC(=O)c2ccc(Cl)o2)nc1. The van der Waals surface area contributed by atoms with E-state index in [4.69, 9.17) is 21.8 Å². The van der Waals surface area contributed by atoms with E-state index >= 15 is 0 Å². The summed E-state index contributed by atoms with van der Waals surface area (Å²) in [6.45, 7) is 0. The monoisotopic (exact) mass is 237 g/mol. The first-order chi connectivity index (χ1) is 7.65. The summed E-state index contributed by atoms with van der Waals surface area (Å²) < 4.78 is 4.94. The molecule has 2 heterocycles. The molecule has 0 bridgehead atoms. The van der Waals surface area contributed by atoms with E-state index in [0.717, 1.165) is 0 Å². The molecule has 0 aliphatic carbocycles. The van der Waals surface area contributed by atoms with Gasteiger partial charge >= 0.3 is 0 Å². The summed E-state index contributed by atoms with van der Waals surface area (Å²) >= 11 is 5.55. The number of rotatable bonds is 2. The quantitative estimate of drug-likeness (QED) is 0.839. The number of amides is 1. The highest BCUT2D eigenvalue weighted by molar-refractivity contribution is 6.29. The molecular formula is C10H8ClN3O2. The Labute approximate surface area is 96.2 Å². The Morgan fingerprint density at radius 1 is 1.38 bits per heavy atom. The van der Waals surface area contributed by atoms with Gasteiger partial charge in [0.25, 0.3) is 5.91 Å². The highest BCUT2D eigenvalue weighted by atomic mass is 35.5. The summed E-state index contributed by atoms with van der Waals surface area (Å²) in [6, 6.07) is 6.21. The third kappa shape index (κ3) is 2.32. The van der Waals surface area contributed by atoms with E-state index in [0.29, 0.717) is 11.5 Å². The molecule has 0 aromatic carbocycles. The number of nitrogens with zero attached hydrogens (tertiary/aromatic N) is 1. The smallest absolute Gasteiger partial charge is 0.292 e. The molecule has 16 heavy (non-hydrogen) atoms. The molecule has 3 N–H and O–H groups in total. The number of nitrogens with two attached hydrogens (primary N) is 1. The summed E-state index contributed by atoms with van der Waals surface area (Å²) in [5, 5.41) is 2.70. The predicted octanol–water partition coefficient (Wildman–Crippen LogP) is 2.16. The normalized spacial score (nSPS) is 10.1. The molecule has 2 aromatic rings. The minimum Gasteiger partial charge on any atom is -0.440 e. The molecule has 0 atom stereocenters. The number of aromatic nitrogens is 1. The highest BCUT2D eigenvalue weighted by Gasteiger charge is 2.10. The molecule has 2 rings (SSSR count). The molecule has 0 aliphatic heterocycles. The molecule has 0 spiro atoms. The van der Waals surface area contributed by atoms with Crippen molar-refractivity contribution in [2.24, 2.45) is 0 Å². The zero-order valence-electron chi connectivity index (χ0n) is 8.11. The van der Waals surface area contributed by atoms with Crippen molar-refractivity contribution in [2.75, 3.05) is 11.1 Å². The van der Waals surface area contributed by atoms with Crippen molar-refractivity contribution in [3.05, 3.63) is 41.4 Å². The van der Waals surface area contributed by atoms with Crippen molar-refractivity contribution in [3.63, 3.8) is 0 Å². The average Bonchev–Trinajstić information content (AvgIpc) is 2.68. The van der Waals surface area contributed by atoms with Crippen molar-refractivity contribution in [1.29, 1.82) is 0 Å². The number of anilines is 2. The van der Waals surface area contributed by atoms with E-state index in [1.54, 1.807) is 12.1 Å². The molecule has 0 fully saturated rings. The van der Waals surface area contributed by atoms with Crippen LogP contribution in [0.1, 0.15) is 10.6 Å². The van der Waals surface area contributed by atoms with Gasteiger partial charge in [0, 0.05) is 0 Å². The van der Waals surface area contributed by atoms with Crippen LogP contribution < -0.4 is 11.1 Å². The van der Waals surface area contributed by atoms with Crippen LogP contribution >= 0.6 is 11.6 Å². The van der Waals surface area contributed by atoms with Crippen LogP contribution in [0.15, 0.2) is 34.9 Å². The fourth-order valence-electron chi connectivity index (χ4n) is 1.09. The minimum absolute atomic E-state index is 0.128. The largest absolute Gasteiger partial charge is 0.440 e. The molecule has 5 nitrogen and oxygen atoms in total. The maximum absolute atomic E-state index is 11.6. The van der Waals surface area contributed by atoms with Gasteiger partial charge in [-0.15, -0.1) is 0 Å². The minimum atomic E-state index is -0.413. The van der Waals surface area contributed by atoms with E-state index in [2.05, 4.69) is 10.3 Å². The Kier molecular flexibility index (Phi) is 2.78. The first-order valence-corrected chi connectivity index (χ1v) is 4.81. The van der Waals surface area contributed by atoms with Crippen molar-refractivity contribution in [1.82, 2.24) is 4.98 Å². The summed E-state index contributed by atoms with van der Waals surface area (Å²) in [4.78, 5) is 15.5. The number of halogens is 1. The number of carbonyl (C=O) groups excluding carboxylic acids is 1. The maximum atomic E-state index is 11.6. The Morgan fingerprint density at radius 3 is 2.75 bits per heavy atom. The lowest BCUT2D eigenvalue weighted by molar-refractivity contribution is 0.0996. The molecule has 6 heteroatoms. The second-order valence-electron chi connectivity index (χ2n) is 3.03. The van der Waals surface area contributed by atoms with E-state index in [-0.39, 0.29) is 11.0 Å². The summed E-state index contributed by atoms with van der Waals surface area (Å²) in [7, 11) is 0. The molecule has 1 amide bonds. The second-order valence-corrected chi connectivity index (χ2v) is 3.41. The molecule has 0 aliphatic rings. The molecule has 0 unspecified atom stereocenters. The maximum Gasteiger partial charge on any atom is 0.292 e. The fourth-order valence-corrected chi connectivity index (χ4v) is 1.24. The zero-order valence-corrected chi connectivity index (χ0v) is 8.86. The zero-order chi connectivity index (χ0) is 11.5.